The fourth-order valence-electron chi connectivity index (χ4n) is 3.96. The lowest BCUT2D eigenvalue weighted by Gasteiger charge is -2.17. The van der Waals surface area contributed by atoms with Gasteiger partial charge in [-0.05, 0) is 62.3 Å². The highest BCUT2D eigenvalue weighted by Gasteiger charge is 2.26. The normalized spacial score (nSPS) is 16.7. The molecule has 2 heterocycles. The minimum atomic E-state index is -0.902. The second-order valence-electron chi connectivity index (χ2n) is 7.48. The predicted molar refractivity (Wildman–Crippen MR) is 103 cm³/mol. The molecule has 1 aromatic carbocycles. The van der Waals surface area contributed by atoms with Crippen LogP contribution in [0.4, 0.5) is 0 Å². The first-order valence-corrected chi connectivity index (χ1v) is 9.44. The Kier molecular flexibility index (Phi) is 5.63. The van der Waals surface area contributed by atoms with E-state index < -0.39 is 5.97 Å². The van der Waals surface area contributed by atoms with Crippen molar-refractivity contribution in [2.24, 2.45) is 13.0 Å². The molecule has 0 spiro atoms. The number of benzene rings is 1. The number of carboxylic acids is 1. The van der Waals surface area contributed by atoms with Gasteiger partial charge in [-0.2, -0.15) is 5.10 Å². The third-order valence-corrected chi connectivity index (χ3v) is 5.58. The average molecular weight is 369 g/mol. The molecule has 144 valence electrons. The summed E-state index contributed by atoms with van der Waals surface area (Å²) in [5.41, 5.74) is 4.64. The Morgan fingerprint density at radius 3 is 2.74 bits per heavy atom. The van der Waals surface area contributed by atoms with Gasteiger partial charge in [0.1, 0.15) is 0 Å². The lowest BCUT2D eigenvalue weighted by atomic mass is 9.97. The Balaban J connectivity index is 1.53. The number of amides is 1. The van der Waals surface area contributed by atoms with Crippen molar-refractivity contribution in [3.8, 4) is 0 Å². The van der Waals surface area contributed by atoms with Crippen LogP contribution < -0.4 is 0 Å². The first kappa shape index (κ1) is 19.1. The zero-order valence-electron chi connectivity index (χ0n) is 16.2. The molecule has 1 aliphatic heterocycles. The van der Waals surface area contributed by atoms with Crippen molar-refractivity contribution in [2.75, 3.05) is 13.1 Å². The van der Waals surface area contributed by atoms with Crippen LogP contribution in [0, 0.1) is 19.8 Å². The van der Waals surface area contributed by atoms with Crippen LogP contribution >= 0.6 is 0 Å². The molecular weight excluding hydrogens is 342 g/mol. The number of hydrogen-bond acceptors (Lipinski definition) is 3. The molecule has 1 aliphatic rings. The SMILES string of the molecule is Cc1nn(C)c(C)c1CCC(=O)N1CCC(Cc2cccc(C(=O)O)c2)C1. The number of rotatable bonds is 6. The molecule has 1 saturated heterocycles. The summed E-state index contributed by atoms with van der Waals surface area (Å²) in [5, 5.41) is 13.5. The van der Waals surface area contributed by atoms with Crippen molar-refractivity contribution >= 4 is 11.9 Å². The standard InChI is InChI=1S/C21H27N3O3/c1-14-19(15(2)23(3)22-14)7-8-20(25)24-10-9-17(13-24)11-16-5-4-6-18(12-16)21(26)27/h4-6,12,17H,7-11,13H2,1-3H3,(H,26,27). The molecule has 0 aliphatic carbocycles. The molecule has 0 radical (unpaired) electrons. The largest absolute Gasteiger partial charge is 0.478 e. The quantitative estimate of drug-likeness (QED) is 0.849. The molecule has 6 nitrogen and oxygen atoms in total. The van der Waals surface area contributed by atoms with Crippen molar-refractivity contribution in [3.63, 3.8) is 0 Å². The first-order valence-electron chi connectivity index (χ1n) is 9.44. The van der Waals surface area contributed by atoms with Gasteiger partial charge in [0.05, 0.1) is 11.3 Å². The van der Waals surface area contributed by atoms with Crippen molar-refractivity contribution in [2.45, 2.75) is 39.5 Å². The second-order valence-corrected chi connectivity index (χ2v) is 7.48. The van der Waals surface area contributed by atoms with Gasteiger partial charge in [-0.25, -0.2) is 4.79 Å². The van der Waals surface area contributed by atoms with Crippen molar-refractivity contribution < 1.29 is 14.7 Å². The number of carbonyl (C=O) groups is 2. The van der Waals surface area contributed by atoms with Gasteiger partial charge < -0.3 is 10.0 Å². The summed E-state index contributed by atoms with van der Waals surface area (Å²) in [6, 6.07) is 7.10. The van der Waals surface area contributed by atoms with Crippen LogP contribution in [-0.2, 0) is 24.7 Å². The maximum absolute atomic E-state index is 12.6. The summed E-state index contributed by atoms with van der Waals surface area (Å²) >= 11 is 0. The van der Waals surface area contributed by atoms with Gasteiger partial charge in [0.15, 0.2) is 0 Å². The van der Waals surface area contributed by atoms with Crippen molar-refractivity contribution in [1.29, 1.82) is 0 Å². The molecule has 0 saturated carbocycles. The van der Waals surface area contributed by atoms with Crippen LogP contribution in [-0.4, -0.2) is 44.8 Å². The number of likely N-dealkylation sites (tertiary alicyclic amines) is 1. The fourth-order valence-corrected chi connectivity index (χ4v) is 3.96. The Bertz CT molecular complexity index is 856. The van der Waals surface area contributed by atoms with Crippen LogP contribution in [0.25, 0.3) is 0 Å². The highest BCUT2D eigenvalue weighted by Crippen LogP contribution is 2.23. The minimum absolute atomic E-state index is 0.194. The van der Waals surface area contributed by atoms with Gasteiger partial charge in [0.25, 0.3) is 0 Å². The molecular formula is C21H27N3O3. The zero-order valence-corrected chi connectivity index (χ0v) is 16.2. The number of aryl methyl sites for hydroxylation is 2. The molecule has 1 fully saturated rings. The molecule has 6 heteroatoms. The van der Waals surface area contributed by atoms with E-state index in [1.807, 2.05) is 36.5 Å². The maximum Gasteiger partial charge on any atom is 0.335 e. The summed E-state index contributed by atoms with van der Waals surface area (Å²) in [5.74, 6) is -0.319. The Morgan fingerprint density at radius 2 is 2.07 bits per heavy atom. The minimum Gasteiger partial charge on any atom is -0.478 e. The Morgan fingerprint density at radius 1 is 1.30 bits per heavy atom. The summed E-state index contributed by atoms with van der Waals surface area (Å²) in [6.07, 6.45) is 3.01. The number of aromatic carboxylic acids is 1. The van der Waals surface area contributed by atoms with Crippen LogP contribution in [0.1, 0.15) is 45.7 Å². The van der Waals surface area contributed by atoms with E-state index >= 15 is 0 Å². The smallest absolute Gasteiger partial charge is 0.335 e. The topological polar surface area (TPSA) is 75.4 Å². The van der Waals surface area contributed by atoms with E-state index in [2.05, 4.69) is 5.10 Å². The van der Waals surface area contributed by atoms with E-state index in [1.165, 1.54) is 5.56 Å². The lowest BCUT2D eigenvalue weighted by molar-refractivity contribution is -0.130. The van der Waals surface area contributed by atoms with Crippen LogP contribution in [0.5, 0.6) is 0 Å². The third-order valence-electron chi connectivity index (χ3n) is 5.58. The van der Waals surface area contributed by atoms with Gasteiger partial charge in [-0.3, -0.25) is 9.48 Å². The summed E-state index contributed by atoms with van der Waals surface area (Å²) in [4.78, 5) is 25.7. The van der Waals surface area contributed by atoms with Crippen molar-refractivity contribution in [3.05, 3.63) is 52.3 Å². The number of carboxylic acid groups (broad SMARTS) is 1. The molecule has 3 rings (SSSR count). The molecule has 27 heavy (non-hydrogen) atoms. The summed E-state index contributed by atoms with van der Waals surface area (Å²) in [7, 11) is 1.93. The third kappa shape index (κ3) is 4.38. The number of nitrogens with zero attached hydrogens (tertiary/aromatic N) is 3. The van der Waals surface area contributed by atoms with Crippen LogP contribution in [0.3, 0.4) is 0 Å². The second kappa shape index (κ2) is 7.94. The molecule has 1 atom stereocenters. The zero-order chi connectivity index (χ0) is 19.6. The summed E-state index contributed by atoms with van der Waals surface area (Å²) in [6.45, 7) is 5.56. The van der Waals surface area contributed by atoms with E-state index in [0.29, 0.717) is 17.9 Å². The Labute approximate surface area is 159 Å². The Hall–Kier alpha value is -2.63. The molecule has 1 N–H and O–H groups in total. The van der Waals surface area contributed by atoms with E-state index in [1.54, 1.807) is 18.2 Å². The predicted octanol–water partition coefficient (Wildman–Crippen LogP) is 2.76. The number of hydrogen-bond donors (Lipinski definition) is 1. The molecule has 1 aromatic heterocycles. The van der Waals surface area contributed by atoms with Gasteiger partial charge in [-0.15, -0.1) is 0 Å². The highest BCUT2D eigenvalue weighted by atomic mass is 16.4. The molecule has 2 aromatic rings. The maximum atomic E-state index is 12.6. The molecule has 1 unspecified atom stereocenters. The van der Waals surface area contributed by atoms with E-state index in [4.69, 9.17) is 5.11 Å². The van der Waals surface area contributed by atoms with E-state index in [0.717, 1.165) is 49.3 Å². The fraction of sp³-hybridized carbons (Fsp3) is 0.476. The van der Waals surface area contributed by atoms with Gasteiger partial charge in [0, 0.05) is 32.3 Å². The van der Waals surface area contributed by atoms with E-state index in [9.17, 15) is 9.59 Å². The van der Waals surface area contributed by atoms with Gasteiger partial charge >= 0.3 is 5.97 Å². The number of carbonyl (C=O) groups excluding carboxylic acids is 1. The first-order chi connectivity index (χ1) is 12.8. The molecule has 1 amide bonds. The van der Waals surface area contributed by atoms with Gasteiger partial charge in [0.2, 0.25) is 5.91 Å². The summed E-state index contributed by atoms with van der Waals surface area (Å²) < 4.78 is 1.87. The van der Waals surface area contributed by atoms with Crippen LogP contribution in [0.15, 0.2) is 24.3 Å². The van der Waals surface area contributed by atoms with Crippen LogP contribution in [0.2, 0.25) is 0 Å². The number of aromatic nitrogens is 2. The van der Waals surface area contributed by atoms with Gasteiger partial charge in [-0.1, -0.05) is 12.1 Å². The van der Waals surface area contributed by atoms with Crippen molar-refractivity contribution in [1.82, 2.24) is 14.7 Å². The lowest BCUT2D eigenvalue weighted by Crippen LogP contribution is -2.29. The average Bonchev–Trinajstić information content (AvgIpc) is 3.18. The monoisotopic (exact) mass is 369 g/mol. The molecule has 0 bridgehead atoms. The highest BCUT2D eigenvalue weighted by molar-refractivity contribution is 5.87. The van der Waals surface area contributed by atoms with E-state index in [-0.39, 0.29) is 5.91 Å².